The van der Waals surface area contributed by atoms with E-state index in [1.54, 1.807) is 23.7 Å². The van der Waals surface area contributed by atoms with E-state index in [0.29, 0.717) is 13.0 Å². The van der Waals surface area contributed by atoms with Crippen molar-refractivity contribution in [2.24, 2.45) is 5.92 Å². The molecule has 2 atom stereocenters. The number of nitrogens with zero attached hydrogens (tertiary/aromatic N) is 2. The second-order valence-electron chi connectivity index (χ2n) is 7.54. The van der Waals surface area contributed by atoms with Gasteiger partial charge in [0.1, 0.15) is 12.1 Å². The summed E-state index contributed by atoms with van der Waals surface area (Å²) < 4.78 is 0. The number of urea groups is 1. The molecule has 3 rings (SSSR count). The van der Waals surface area contributed by atoms with Crippen molar-refractivity contribution in [2.75, 3.05) is 19.8 Å². The summed E-state index contributed by atoms with van der Waals surface area (Å²) in [5.74, 6) is -0.394. The molecule has 2 fully saturated rings. The molecule has 1 aromatic rings. The minimum Gasteiger partial charge on any atom is -0.340 e. The number of likely N-dealkylation sites (N-methyl/N-ethyl adjacent to an activating group) is 1. The molecule has 0 unspecified atom stereocenters. The zero-order chi connectivity index (χ0) is 19.6. The molecule has 1 saturated carbocycles. The van der Waals surface area contributed by atoms with Crippen LogP contribution in [0.15, 0.2) is 29.2 Å². The van der Waals surface area contributed by atoms with Crippen molar-refractivity contribution in [3.8, 4) is 0 Å². The van der Waals surface area contributed by atoms with Gasteiger partial charge in [-0.15, -0.1) is 11.8 Å². The van der Waals surface area contributed by atoms with Gasteiger partial charge in [-0.25, -0.2) is 4.79 Å². The summed E-state index contributed by atoms with van der Waals surface area (Å²) in [7, 11) is 1.70. The summed E-state index contributed by atoms with van der Waals surface area (Å²) in [5, 5.41) is 2.89. The maximum Gasteiger partial charge on any atom is 0.325 e. The quantitative estimate of drug-likeness (QED) is 0.621. The van der Waals surface area contributed by atoms with Gasteiger partial charge in [0.2, 0.25) is 5.91 Å². The molecule has 0 bridgehead atoms. The average molecular weight is 390 g/mol. The number of rotatable bonds is 5. The van der Waals surface area contributed by atoms with E-state index < -0.39 is 11.6 Å². The zero-order valence-electron chi connectivity index (χ0n) is 16.2. The van der Waals surface area contributed by atoms with Gasteiger partial charge in [0.25, 0.3) is 5.91 Å². The van der Waals surface area contributed by atoms with E-state index in [-0.39, 0.29) is 24.3 Å². The van der Waals surface area contributed by atoms with Crippen LogP contribution in [0, 0.1) is 5.92 Å². The fourth-order valence-electron chi connectivity index (χ4n) is 3.99. The highest BCUT2D eigenvalue weighted by Gasteiger charge is 2.55. The van der Waals surface area contributed by atoms with Crippen LogP contribution in [0.5, 0.6) is 0 Å². The first-order valence-electron chi connectivity index (χ1n) is 9.38. The molecular formula is C20H27N3O3S. The van der Waals surface area contributed by atoms with Crippen molar-refractivity contribution < 1.29 is 14.4 Å². The molecule has 1 N–H and O–H groups in total. The van der Waals surface area contributed by atoms with Crippen LogP contribution in [0.4, 0.5) is 4.79 Å². The predicted molar refractivity (Wildman–Crippen MR) is 105 cm³/mol. The molecule has 1 aliphatic heterocycles. The van der Waals surface area contributed by atoms with Crippen molar-refractivity contribution in [1.29, 1.82) is 0 Å². The molecule has 0 radical (unpaired) electrons. The number of imide groups is 1. The second kappa shape index (κ2) is 7.92. The fraction of sp³-hybridized carbons (Fsp3) is 0.550. The predicted octanol–water partition coefficient (Wildman–Crippen LogP) is 2.87. The lowest BCUT2D eigenvalue weighted by Crippen LogP contribution is -2.54. The van der Waals surface area contributed by atoms with Gasteiger partial charge in [0.05, 0.1) is 0 Å². The Labute approximate surface area is 164 Å². The lowest BCUT2D eigenvalue weighted by atomic mass is 9.73. The van der Waals surface area contributed by atoms with Gasteiger partial charge in [-0.1, -0.05) is 31.9 Å². The third kappa shape index (κ3) is 3.83. The van der Waals surface area contributed by atoms with Gasteiger partial charge in [0, 0.05) is 18.5 Å². The third-order valence-electron chi connectivity index (χ3n) is 5.80. The van der Waals surface area contributed by atoms with E-state index in [2.05, 4.69) is 5.32 Å². The van der Waals surface area contributed by atoms with Crippen LogP contribution in [0.25, 0.3) is 0 Å². The molecule has 2 aliphatic rings. The molecule has 146 valence electrons. The maximum absolute atomic E-state index is 13.0. The smallest absolute Gasteiger partial charge is 0.325 e. The average Bonchev–Trinajstić information content (AvgIpc) is 2.89. The number of benzene rings is 1. The van der Waals surface area contributed by atoms with Crippen LogP contribution in [-0.2, 0) is 16.1 Å². The summed E-state index contributed by atoms with van der Waals surface area (Å²) in [6, 6.07) is 7.57. The molecule has 1 heterocycles. The number of carbonyl (C=O) groups excluding carboxylic acids is 3. The van der Waals surface area contributed by atoms with Crippen molar-refractivity contribution >= 4 is 29.6 Å². The minimum atomic E-state index is -0.818. The van der Waals surface area contributed by atoms with Crippen LogP contribution < -0.4 is 5.32 Å². The van der Waals surface area contributed by atoms with Crippen LogP contribution >= 0.6 is 11.8 Å². The molecule has 1 aromatic carbocycles. The van der Waals surface area contributed by atoms with Crippen LogP contribution in [0.3, 0.4) is 0 Å². The third-order valence-corrected chi connectivity index (χ3v) is 6.54. The highest BCUT2D eigenvalue weighted by molar-refractivity contribution is 7.98. The molecule has 27 heavy (non-hydrogen) atoms. The van der Waals surface area contributed by atoms with E-state index in [9.17, 15) is 14.4 Å². The van der Waals surface area contributed by atoms with Crippen molar-refractivity contribution in [3.05, 3.63) is 29.8 Å². The van der Waals surface area contributed by atoms with Gasteiger partial charge in [-0.2, -0.15) is 0 Å². The number of amides is 4. The van der Waals surface area contributed by atoms with Gasteiger partial charge in [-0.3, -0.25) is 14.5 Å². The number of nitrogens with one attached hydrogen (secondary N) is 1. The second-order valence-corrected chi connectivity index (χ2v) is 8.42. The molecule has 1 spiro atoms. The molecule has 4 amide bonds. The number of hydrogen-bond acceptors (Lipinski definition) is 4. The molecule has 0 aromatic heterocycles. The Bertz CT molecular complexity index is 736. The van der Waals surface area contributed by atoms with E-state index in [4.69, 9.17) is 0 Å². The molecule has 7 heteroatoms. The molecule has 1 aliphatic carbocycles. The van der Waals surface area contributed by atoms with Gasteiger partial charge < -0.3 is 10.2 Å². The zero-order valence-corrected chi connectivity index (χ0v) is 17.0. The van der Waals surface area contributed by atoms with Crippen molar-refractivity contribution in [1.82, 2.24) is 15.1 Å². The molecule has 6 nitrogen and oxygen atoms in total. The minimum absolute atomic E-state index is 0.0930. The summed E-state index contributed by atoms with van der Waals surface area (Å²) in [5.41, 5.74) is 0.195. The fourth-order valence-corrected chi connectivity index (χ4v) is 4.40. The Hall–Kier alpha value is -2.02. The summed E-state index contributed by atoms with van der Waals surface area (Å²) in [6.07, 6.45) is 5.58. The van der Waals surface area contributed by atoms with Crippen LogP contribution in [-0.4, -0.2) is 53.0 Å². The van der Waals surface area contributed by atoms with Crippen LogP contribution in [0.1, 0.15) is 38.2 Å². The SMILES string of the molecule is CSc1ccc(CN(C)C(=O)CN2C(=O)N[C@@]3(CCCC[C@@H]3C)C2=O)cc1. The largest absolute Gasteiger partial charge is 0.340 e. The van der Waals surface area contributed by atoms with E-state index >= 15 is 0 Å². The highest BCUT2D eigenvalue weighted by Crippen LogP contribution is 2.38. The Morgan fingerprint density at radius 1 is 1.30 bits per heavy atom. The van der Waals surface area contributed by atoms with Gasteiger partial charge >= 0.3 is 6.03 Å². The van der Waals surface area contributed by atoms with Crippen LogP contribution in [0.2, 0.25) is 0 Å². The summed E-state index contributed by atoms with van der Waals surface area (Å²) >= 11 is 1.67. The Morgan fingerprint density at radius 2 is 2.00 bits per heavy atom. The Balaban J connectivity index is 1.64. The number of thioether (sulfide) groups is 1. The normalized spacial score (nSPS) is 25.0. The standard InChI is InChI=1S/C20H27N3O3S/c1-14-6-4-5-11-20(14)18(25)23(19(26)21-20)13-17(24)22(2)12-15-7-9-16(27-3)10-8-15/h7-10,14H,4-6,11-13H2,1-3H3,(H,21,26)/t14-,20+/m0/s1. The Morgan fingerprint density at radius 3 is 2.63 bits per heavy atom. The first kappa shape index (κ1) is 19.7. The van der Waals surface area contributed by atoms with Gasteiger partial charge in [-0.05, 0) is 42.7 Å². The summed E-state index contributed by atoms with van der Waals surface area (Å²) in [4.78, 5) is 41.8. The first-order valence-corrected chi connectivity index (χ1v) is 10.6. The monoisotopic (exact) mass is 389 g/mol. The van der Waals surface area contributed by atoms with Crippen molar-refractivity contribution in [3.63, 3.8) is 0 Å². The Kier molecular flexibility index (Phi) is 5.79. The topological polar surface area (TPSA) is 69.7 Å². The lowest BCUT2D eigenvalue weighted by molar-refractivity contribution is -0.140. The van der Waals surface area contributed by atoms with Gasteiger partial charge in [0.15, 0.2) is 0 Å². The lowest BCUT2D eigenvalue weighted by Gasteiger charge is -2.36. The van der Waals surface area contributed by atoms with Crippen molar-refractivity contribution in [2.45, 2.75) is 49.6 Å². The summed E-state index contributed by atoms with van der Waals surface area (Å²) in [6.45, 7) is 2.24. The molecular weight excluding hydrogens is 362 g/mol. The van der Waals surface area contributed by atoms with E-state index in [1.807, 2.05) is 37.4 Å². The van der Waals surface area contributed by atoms with E-state index in [0.717, 1.165) is 29.7 Å². The van der Waals surface area contributed by atoms with E-state index in [1.165, 1.54) is 4.90 Å². The number of carbonyl (C=O) groups is 3. The number of hydrogen-bond donors (Lipinski definition) is 1. The molecule has 1 saturated heterocycles. The highest BCUT2D eigenvalue weighted by atomic mass is 32.2. The first-order chi connectivity index (χ1) is 12.9. The maximum atomic E-state index is 13.0.